The van der Waals surface area contributed by atoms with Crippen LogP contribution in [0.15, 0.2) is 52.7 Å². The molecule has 0 aliphatic heterocycles. The van der Waals surface area contributed by atoms with Crippen LogP contribution in [0.4, 0.5) is 0 Å². The topological polar surface area (TPSA) is 55.1 Å². The zero-order chi connectivity index (χ0) is 13.0. The largest absolute Gasteiger partial charge is 0.451 e. The first-order valence-electron chi connectivity index (χ1n) is 5.28. The summed E-state index contributed by atoms with van der Waals surface area (Å²) >= 11 is 5.56. The summed E-state index contributed by atoms with van der Waals surface area (Å²) in [6.45, 7) is 3.70. The Morgan fingerprint density at radius 3 is 2.94 bits per heavy atom. The van der Waals surface area contributed by atoms with Gasteiger partial charge in [0.2, 0.25) is 0 Å². The van der Waals surface area contributed by atoms with Crippen LogP contribution in [0, 0.1) is 0 Å². The molecule has 2 aromatic rings. The molecule has 5 heteroatoms. The highest BCUT2D eigenvalue weighted by atomic mass is 35.5. The molecule has 0 fully saturated rings. The molecule has 1 N–H and O–H groups in total. The van der Waals surface area contributed by atoms with Crippen LogP contribution in [-0.4, -0.2) is 17.4 Å². The lowest BCUT2D eigenvalue weighted by Gasteiger charge is -2.00. The summed E-state index contributed by atoms with van der Waals surface area (Å²) in [6.07, 6.45) is 3.34. The fourth-order valence-electron chi connectivity index (χ4n) is 1.39. The third kappa shape index (κ3) is 2.99. The third-order valence-electron chi connectivity index (χ3n) is 2.22. The lowest BCUT2D eigenvalue weighted by atomic mass is 10.2. The normalized spacial score (nSPS) is 10.1. The van der Waals surface area contributed by atoms with E-state index in [0.717, 1.165) is 5.56 Å². The number of rotatable bonds is 4. The fraction of sp³-hybridized carbons (Fsp3) is 0.0769. The first kappa shape index (κ1) is 12.4. The Bertz CT molecular complexity index is 563. The minimum absolute atomic E-state index is 0.212. The van der Waals surface area contributed by atoms with Crippen LogP contribution in [0.5, 0.6) is 0 Å². The van der Waals surface area contributed by atoms with E-state index in [1.54, 1.807) is 30.6 Å². The Balaban J connectivity index is 2.11. The maximum absolute atomic E-state index is 11.7. The van der Waals surface area contributed by atoms with E-state index in [9.17, 15) is 4.79 Å². The average molecular weight is 263 g/mol. The second kappa shape index (κ2) is 5.51. The molecule has 0 aromatic carbocycles. The van der Waals surface area contributed by atoms with Crippen LogP contribution >= 0.6 is 11.6 Å². The summed E-state index contributed by atoms with van der Waals surface area (Å²) < 4.78 is 5.44. The van der Waals surface area contributed by atoms with Crippen molar-refractivity contribution >= 4 is 17.5 Å². The highest BCUT2D eigenvalue weighted by Gasteiger charge is 2.11. The molecule has 0 aliphatic carbocycles. The second-order valence-corrected chi connectivity index (χ2v) is 4.14. The van der Waals surface area contributed by atoms with Crippen molar-refractivity contribution in [2.24, 2.45) is 0 Å². The Hall–Kier alpha value is -2.07. The Morgan fingerprint density at radius 1 is 1.44 bits per heavy atom. The monoisotopic (exact) mass is 262 g/mol. The van der Waals surface area contributed by atoms with Crippen molar-refractivity contribution in [1.82, 2.24) is 10.3 Å². The number of nitrogens with one attached hydrogen (secondary N) is 1. The van der Waals surface area contributed by atoms with Crippen LogP contribution in [0.25, 0.3) is 11.3 Å². The van der Waals surface area contributed by atoms with Gasteiger partial charge in [0.05, 0.1) is 6.54 Å². The Kier molecular flexibility index (Phi) is 3.79. The number of hydrogen-bond acceptors (Lipinski definition) is 3. The first-order valence-corrected chi connectivity index (χ1v) is 5.66. The summed E-state index contributed by atoms with van der Waals surface area (Å²) in [7, 11) is 0. The van der Waals surface area contributed by atoms with Gasteiger partial charge in [0.1, 0.15) is 5.76 Å². The van der Waals surface area contributed by atoms with Crippen molar-refractivity contribution in [3.8, 4) is 11.3 Å². The van der Waals surface area contributed by atoms with Gasteiger partial charge in [-0.15, -0.1) is 0 Å². The molecule has 4 nitrogen and oxygen atoms in total. The van der Waals surface area contributed by atoms with Gasteiger partial charge in [-0.3, -0.25) is 9.78 Å². The van der Waals surface area contributed by atoms with Gasteiger partial charge in [-0.25, -0.2) is 0 Å². The van der Waals surface area contributed by atoms with Crippen molar-refractivity contribution < 1.29 is 9.21 Å². The molecule has 0 bridgehead atoms. The maximum Gasteiger partial charge on any atom is 0.287 e. The minimum Gasteiger partial charge on any atom is -0.451 e. The zero-order valence-electron chi connectivity index (χ0n) is 9.52. The van der Waals surface area contributed by atoms with Gasteiger partial charge >= 0.3 is 0 Å². The molecular weight excluding hydrogens is 252 g/mol. The van der Waals surface area contributed by atoms with Crippen LogP contribution < -0.4 is 5.32 Å². The van der Waals surface area contributed by atoms with E-state index in [0.29, 0.717) is 10.8 Å². The van der Waals surface area contributed by atoms with Crippen LogP contribution in [0.2, 0.25) is 0 Å². The molecule has 92 valence electrons. The van der Waals surface area contributed by atoms with Crippen LogP contribution in [0.1, 0.15) is 10.6 Å². The van der Waals surface area contributed by atoms with Crippen molar-refractivity contribution in [2.45, 2.75) is 0 Å². The summed E-state index contributed by atoms with van der Waals surface area (Å²) in [5.41, 5.74) is 0.818. The van der Waals surface area contributed by atoms with E-state index in [-0.39, 0.29) is 18.2 Å². The molecule has 2 rings (SSSR count). The second-order valence-electron chi connectivity index (χ2n) is 3.61. The number of nitrogens with zero attached hydrogens (tertiary/aromatic N) is 1. The molecule has 2 aromatic heterocycles. The highest BCUT2D eigenvalue weighted by Crippen LogP contribution is 2.20. The molecular formula is C13H11ClN2O2. The SMILES string of the molecule is C=C(Cl)CNC(=O)c1ccc(-c2cccnc2)o1. The van der Waals surface area contributed by atoms with Crippen molar-refractivity contribution in [3.05, 3.63) is 54.0 Å². The number of amides is 1. The van der Waals surface area contributed by atoms with Gasteiger partial charge in [0.25, 0.3) is 5.91 Å². The summed E-state index contributed by atoms with van der Waals surface area (Å²) in [6, 6.07) is 6.99. The summed E-state index contributed by atoms with van der Waals surface area (Å²) in [5, 5.41) is 2.95. The number of halogens is 1. The molecule has 0 saturated heterocycles. The highest BCUT2D eigenvalue weighted by molar-refractivity contribution is 6.29. The Morgan fingerprint density at radius 2 is 2.28 bits per heavy atom. The van der Waals surface area contributed by atoms with Gasteiger partial charge in [-0.05, 0) is 24.3 Å². The molecule has 0 aliphatic rings. The van der Waals surface area contributed by atoms with E-state index in [2.05, 4.69) is 16.9 Å². The molecule has 0 saturated carbocycles. The van der Waals surface area contributed by atoms with Gasteiger partial charge < -0.3 is 9.73 Å². The third-order valence-corrected chi connectivity index (χ3v) is 2.35. The molecule has 0 spiro atoms. The van der Waals surface area contributed by atoms with E-state index in [1.807, 2.05) is 6.07 Å². The average Bonchev–Trinajstić information content (AvgIpc) is 2.86. The summed E-state index contributed by atoms with van der Waals surface area (Å²) in [5.74, 6) is 0.497. The minimum atomic E-state index is -0.327. The molecule has 1 amide bonds. The summed E-state index contributed by atoms with van der Waals surface area (Å²) in [4.78, 5) is 15.7. The van der Waals surface area contributed by atoms with Gasteiger partial charge in [0, 0.05) is 23.0 Å². The van der Waals surface area contributed by atoms with Crippen molar-refractivity contribution in [3.63, 3.8) is 0 Å². The molecule has 0 unspecified atom stereocenters. The predicted molar refractivity (Wildman–Crippen MR) is 69.3 cm³/mol. The number of hydrogen-bond donors (Lipinski definition) is 1. The maximum atomic E-state index is 11.7. The van der Waals surface area contributed by atoms with E-state index >= 15 is 0 Å². The van der Waals surface area contributed by atoms with E-state index < -0.39 is 0 Å². The molecule has 2 heterocycles. The molecule has 18 heavy (non-hydrogen) atoms. The van der Waals surface area contributed by atoms with E-state index in [4.69, 9.17) is 16.0 Å². The number of carbonyl (C=O) groups excluding carboxylic acids is 1. The van der Waals surface area contributed by atoms with Crippen LogP contribution in [0.3, 0.4) is 0 Å². The zero-order valence-corrected chi connectivity index (χ0v) is 10.3. The van der Waals surface area contributed by atoms with Gasteiger partial charge in [-0.1, -0.05) is 18.2 Å². The number of aromatic nitrogens is 1. The first-order chi connectivity index (χ1) is 8.66. The van der Waals surface area contributed by atoms with Gasteiger partial charge in [-0.2, -0.15) is 0 Å². The number of furan rings is 1. The standard InChI is InChI=1S/C13H11ClN2O2/c1-9(14)7-16-13(17)12-5-4-11(18-12)10-3-2-6-15-8-10/h2-6,8H,1,7H2,(H,16,17). The number of carbonyl (C=O) groups is 1. The van der Waals surface area contributed by atoms with E-state index in [1.165, 1.54) is 0 Å². The Labute approximate surface area is 109 Å². The fourth-order valence-corrected chi connectivity index (χ4v) is 1.45. The van der Waals surface area contributed by atoms with Crippen molar-refractivity contribution in [1.29, 1.82) is 0 Å². The number of pyridine rings is 1. The van der Waals surface area contributed by atoms with Crippen LogP contribution in [-0.2, 0) is 0 Å². The molecule has 0 radical (unpaired) electrons. The lowest BCUT2D eigenvalue weighted by Crippen LogP contribution is -2.23. The molecule has 0 atom stereocenters. The van der Waals surface area contributed by atoms with Crippen molar-refractivity contribution in [2.75, 3.05) is 6.54 Å². The smallest absolute Gasteiger partial charge is 0.287 e. The quantitative estimate of drug-likeness (QED) is 0.922. The van der Waals surface area contributed by atoms with Gasteiger partial charge in [0.15, 0.2) is 5.76 Å². The predicted octanol–water partition coefficient (Wildman–Crippen LogP) is 2.82. The lowest BCUT2D eigenvalue weighted by molar-refractivity contribution is 0.0931.